The number of aryl methyl sites for hydroxylation is 2. The Labute approximate surface area is 119 Å². The van der Waals surface area contributed by atoms with Gasteiger partial charge in [-0.3, -0.25) is 0 Å². The Morgan fingerprint density at radius 1 is 0.947 bits per heavy atom. The zero-order valence-corrected chi connectivity index (χ0v) is 12.9. The molecule has 1 aromatic rings. The second-order valence-corrected chi connectivity index (χ2v) is 5.21. The molecule has 0 unspecified atom stereocenters. The fraction of sp³-hybridized carbons (Fsp3) is 0.611. The molecule has 0 saturated heterocycles. The zero-order chi connectivity index (χ0) is 13.9. The lowest BCUT2D eigenvalue weighted by molar-refractivity contribution is 0.410. The van der Waals surface area contributed by atoms with Gasteiger partial charge in [0.2, 0.25) is 0 Å². The summed E-state index contributed by atoms with van der Waals surface area (Å²) in [5.41, 5.74) is 2.84. The van der Waals surface area contributed by atoms with Gasteiger partial charge in [-0.2, -0.15) is 0 Å². The van der Waals surface area contributed by atoms with E-state index < -0.39 is 0 Å². The van der Waals surface area contributed by atoms with Crippen LogP contribution in [0.1, 0.15) is 70.4 Å². The minimum Gasteiger partial charge on any atom is -0.487 e. The largest absolute Gasteiger partial charge is 0.487 e. The number of unbranched alkanes of at least 4 members (excludes halogenated alkanes) is 4. The van der Waals surface area contributed by atoms with Crippen molar-refractivity contribution < 1.29 is 4.74 Å². The summed E-state index contributed by atoms with van der Waals surface area (Å²) in [6.45, 7) is 8.21. The van der Waals surface area contributed by atoms with E-state index in [9.17, 15) is 0 Å². The highest BCUT2D eigenvalue weighted by Crippen LogP contribution is 2.24. The molecule has 1 heteroatoms. The van der Waals surface area contributed by atoms with Crippen LogP contribution in [0, 0.1) is 6.61 Å². The molecule has 0 spiro atoms. The topological polar surface area (TPSA) is 9.23 Å². The molecule has 1 aromatic carbocycles. The van der Waals surface area contributed by atoms with Crippen molar-refractivity contribution in [3.05, 3.63) is 35.9 Å². The normalized spacial score (nSPS) is 10.7. The maximum atomic E-state index is 5.62. The SMILES string of the molecule is C[CH]Oc1ccc(CCCCC)cc1CCCCC. The molecule has 0 aromatic heterocycles. The molecule has 107 valence electrons. The summed E-state index contributed by atoms with van der Waals surface area (Å²) in [6.07, 6.45) is 10.1. The van der Waals surface area contributed by atoms with Crippen molar-refractivity contribution in [1.29, 1.82) is 0 Å². The molecule has 0 aliphatic heterocycles. The molecule has 0 N–H and O–H groups in total. The van der Waals surface area contributed by atoms with E-state index in [1.807, 2.05) is 6.92 Å². The summed E-state index contributed by atoms with van der Waals surface area (Å²) in [5, 5.41) is 0. The lowest BCUT2D eigenvalue weighted by Crippen LogP contribution is -1.96. The molecule has 0 bridgehead atoms. The summed E-state index contributed by atoms with van der Waals surface area (Å²) < 4.78 is 5.62. The van der Waals surface area contributed by atoms with Crippen LogP contribution in [0.4, 0.5) is 0 Å². The summed E-state index contributed by atoms with van der Waals surface area (Å²) in [4.78, 5) is 0. The van der Waals surface area contributed by atoms with Crippen molar-refractivity contribution in [3.63, 3.8) is 0 Å². The van der Waals surface area contributed by atoms with Crippen LogP contribution >= 0.6 is 0 Å². The van der Waals surface area contributed by atoms with Gasteiger partial charge in [0.1, 0.15) is 12.4 Å². The van der Waals surface area contributed by atoms with Crippen LogP contribution in [0.5, 0.6) is 5.75 Å². The first-order chi connectivity index (χ1) is 9.31. The van der Waals surface area contributed by atoms with Crippen molar-refractivity contribution >= 4 is 0 Å². The van der Waals surface area contributed by atoms with Crippen LogP contribution in [-0.4, -0.2) is 0 Å². The van der Waals surface area contributed by atoms with Gasteiger partial charge in [-0.25, -0.2) is 0 Å². The van der Waals surface area contributed by atoms with Crippen molar-refractivity contribution in [1.82, 2.24) is 0 Å². The van der Waals surface area contributed by atoms with Crippen LogP contribution in [0.2, 0.25) is 0 Å². The first kappa shape index (κ1) is 16.1. The first-order valence-corrected chi connectivity index (χ1v) is 7.88. The summed E-state index contributed by atoms with van der Waals surface area (Å²) in [6, 6.07) is 6.71. The van der Waals surface area contributed by atoms with Gasteiger partial charge in [-0.1, -0.05) is 51.7 Å². The number of benzene rings is 1. The van der Waals surface area contributed by atoms with Gasteiger partial charge in [0, 0.05) is 0 Å². The van der Waals surface area contributed by atoms with Crippen molar-refractivity contribution in [2.45, 2.75) is 72.1 Å². The third-order valence-corrected chi connectivity index (χ3v) is 3.49. The molecule has 0 fully saturated rings. The standard InChI is InChI=1S/C18H29O/c1-4-7-9-11-16-13-14-18(19-6-3)17(15-16)12-10-8-5-2/h6,13-15H,4-5,7-12H2,1-3H3. The smallest absolute Gasteiger partial charge is 0.132 e. The predicted molar refractivity (Wildman–Crippen MR) is 83.5 cm³/mol. The van der Waals surface area contributed by atoms with E-state index in [1.165, 1.54) is 56.1 Å². The Balaban J connectivity index is 2.66. The van der Waals surface area contributed by atoms with Gasteiger partial charge in [0.15, 0.2) is 0 Å². The highest BCUT2D eigenvalue weighted by atomic mass is 16.5. The molecule has 1 rings (SSSR count). The van der Waals surface area contributed by atoms with Crippen molar-refractivity contribution in [2.75, 3.05) is 0 Å². The van der Waals surface area contributed by atoms with E-state index in [1.54, 1.807) is 6.61 Å². The molecule has 0 heterocycles. The monoisotopic (exact) mass is 261 g/mol. The van der Waals surface area contributed by atoms with Crippen LogP contribution < -0.4 is 4.74 Å². The molecule has 0 atom stereocenters. The quantitative estimate of drug-likeness (QED) is 0.490. The summed E-state index contributed by atoms with van der Waals surface area (Å²) in [5.74, 6) is 1.04. The third-order valence-electron chi connectivity index (χ3n) is 3.49. The Morgan fingerprint density at radius 2 is 1.63 bits per heavy atom. The minimum atomic E-state index is 1.04. The predicted octanol–water partition coefficient (Wildman–Crippen LogP) is 5.71. The van der Waals surface area contributed by atoms with E-state index in [2.05, 4.69) is 32.0 Å². The third kappa shape index (κ3) is 6.13. The van der Waals surface area contributed by atoms with Crippen molar-refractivity contribution in [2.24, 2.45) is 0 Å². The molecule has 0 aliphatic carbocycles. The van der Waals surface area contributed by atoms with Crippen LogP contribution in [0.25, 0.3) is 0 Å². The van der Waals surface area contributed by atoms with Gasteiger partial charge >= 0.3 is 0 Å². The van der Waals surface area contributed by atoms with Gasteiger partial charge in [0.05, 0.1) is 0 Å². The zero-order valence-electron chi connectivity index (χ0n) is 12.9. The molecule has 1 nitrogen and oxygen atoms in total. The highest BCUT2D eigenvalue weighted by molar-refractivity contribution is 5.37. The molecular formula is C18H29O. The Morgan fingerprint density at radius 3 is 2.26 bits per heavy atom. The molecular weight excluding hydrogens is 232 g/mol. The summed E-state index contributed by atoms with van der Waals surface area (Å²) >= 11 is 0. The van der Waals surface area contributed by atoms with Gasteiger partial charge < -0.3 is 4.74 Å². The van der Waals surface area contributed by atoms with E-state index in [4.69, 9.17) is 4.74 Å². The minimum absolute atomic E-state index is 1.04. The van der Waals surface area contributed by atoms with Crippen molar-refractivity contribution in [3.8, 4) is 5.75 Å². The molecule has 0 aliphatic rings. The average molecular weight is 261 g/mol. The molecule has 0 amide bonds. The lowest BCUT2D eigenvalue weighted by Gasteiger charge is -2.12. The molecule has 1 radical (unpaired) electrons. The summed E-state index contributed by atoms with van der Waals surface area (Å²) in [7, 11) is 0. The van der Waals surface area contributed by atoms with E-state index >= 15 is 0 Å². The number of hydrogen-bond donors (Lipinski definition) is 0. The maximum absolute atomic E-state index is 5.62. The number of hydrogen-bond acceptors (Lipinski definition) is 1. The Kier molecular flexibility index (Phi) is 8.36. The van der Waals surface area contributed by atoms with Crippen LogP contribution in [0.3, 0.4) is 0 Å². The first-order valence-electron chi connectivity index (χ1n) is 7.88. The second kappa shape index (κ2) is 9.89. The Hall–Kier alpha value is -0.980. The maximum Gasteiger partial charge on any atom is 0.132 e. The second-order valence-electron chi connectivity index (χ2n) is 5.21. The van der Waals surface area contributed by atoms with E-state index in [0.29, 0.717) is 0 Å². The van der Waals surface area contributed by atoms with Gasteiger partial charge in [-0.15, -0.1) is 0 Å². The van der Waals surface area contributed by atoms with Crippen LogP contribution in [0.15, 0.2) is 18.2 Å². The van der Waals surface area contributed by atoms with Gasteiger partial charge in [-0.05, 0) is 49.8 Å². The van der Waals surface area contributed by atoms with Gasteiger partial charge in [0.25, 0.3) is 0 Å². The fourth-order valence-corrected chi connectivity index (χ4v) is 2.37. The lowest BCUT2D eigenvalue weighted by atomic mass is 10.0. The highest BCUT2D eigenvalue weighted by Gasteiger charge is 2.05. The number of ether oxygens (including phenoxy) is 1. The van der Waals surface area contributed by atoms with E-state index in [0.717, 1.165) is 12.2 Å². The average Bonchev–Trinajstić information content (AvgIpc) is 2.42. The van der Waals surface area contributed by atoms with E-state index in [-0.39, 0.29) is 0 Å². The molecule has 19 heavy (non-hydrogen) atoms. The fourth-order valence-electron chi connectivity index (χ4n) is 2.37. The number of rotatable bonds is 10. The molecule has 0 saturated carbocycles. The van der Waals surface area contributed by atoms with Crippen LogP contribution in [-0.2, 0) is 12.8 Å². The Bertz CT molecular complexity index is 344.